The fourth-order valence-corrected chi connectivity index (χ4v) is 3.22. The van der Waals surface area contributed by atoms with E-state index < -0.39 is 10.4 Å². The van der Waals surface area contributed by atoms with Gasteiger partial charge in [-0.25, -0.2) is 0 Å². The minimum atomic E-state index is -4.67. The monoisotopic (exact) mass is 414 g/mol. The van der Waals surface area contributed by atoms with E-state index in [1.165, 1.54) is 96.3 Å². The lowest BCUT2D eigenvalue weighted by molar-refractivity contribution is 0.239. The molecule has 0 aliphatic heterocycles. The molecular weight excluding hydrogens is 371 g/mol. The molecule has 0 spiro atoms. The molecule has 1 unspecified atom stereocenters. The first-order valence-electron chi connectivity index (χ1n) is 10.1. The van der Waals surface area contributed by atoms with E-state index in [2.05, 4.69) is 6.92 Å². The topological polar surface area (TPSA) is 126 Å². The first-order valence-corrected chi connectivity index (χ1v) is 12.7. The van der Waals surface area contributed by atoms with E-state index in [0.717, 1.165) is 22.7 Å². The Kier molecular flexibility index (Phi) is 27.9. The average molecular weight is 415 g/mol. The molecule has 0 rings (SSSR count). The quantitative estimate of drug-likeness (QED) is 0.201. The average Bonchev–Trinajstić information content (AvgIpc) is 2.49. The zero-order valence-electron chi connectivity index (χ0n) is 17.0. The fraction of sp³-hybridized carbons (Fsp3) is 1.00. The van der Waals surface area contributed by atoms with Crippen LogP contribution in [0.3, 0.4) is 0 Å². The van der Waals surface area contributed by atoms with Crippen LogP contribution >= 0.6 is 0 Å². The molecular formula is C18H43AlO6S. The maximum absolute atomic E-state index is 9.22. The third-order valence-electron chi connectivity index (χ3n) is 4.23. The van der Waals surface area contributed by atoms with E-state index in [1.807, 2.05) is 0 Å². The van der Waals surface area contributed by atoms with Crippen molar-refractivity contribution in [1.82, 2.24) is 0 Å². The van der Waals surface area contributed by atoms with Crippen molar-refractivity contribution in [3.63, 3.8) is 0 Å². The van der Waals surface area contributed by atoms with Gasteiger partial charge in [-0.05, 0) is 11.4 Å². The molecule has 0 aromatic heterocycles. The van der Waals surface area contributed by atoms with Crippen molar-refractivity contribution in [3.05, 3.63) is 0 Å². The predicted octanol–water partition coefficient (Wildman–Crippen LogP) is 3.72. The van der Waals surface area contributed by atoms with Gasteiger partial charge in [0.1, 0.15) is 0 Å². The summed E-state index contributed by atoms with van der Waals surface area (Å²) in [6, 6.07) is 0. The van der Waals surface area contributed by atoms with Crippen molar-refractivity contribution in [2.45, 2.75) is 115 Å². The molecule has 160 valence electrons. The van der Waals surface area contributed by atoms with E-state index in [-0.39, 0.29) is 10.4 Å². The number of hydrogen-bond donors (Lipinski definition) is 3. The van der Waals surface area contributed by atoms with Crippen LogP contribution in [0.1, 0.15) is 110 Å². The van der Waals surface area contributed by atoms with Gasteiger partial charge in [-0.1, -0.05) is 103 Å². The van der Waals surface area contributed by atoms with E-state index in [1.54, 1.807) is 0 Å². The molecule has 0 bridgehead atoms. The maximum atomic E-state index is 9.22. The summed E-state index contributed by atoms with van der Waals surface area (Å²) in [7, 11) is -4.67. The van der Waals surface area contributed by atoms with Crippen LogP contribution in [-0.2, 0) is 10.4 Å². The molecule has 26 heavy (non-hydrogen) atoms. The molecule has 0 aliphatic rings. The van der Waals surface area contributed by atoms with E-state index >= 15 is 0 Å². The standard InChI is InChI=1S/C18H37O.Al.H2O4S.H2O.2H/c1-2-3-4-5-6-7-8-9-10-11-12-13-14-15-16-17-18-19;;1-5(2,3)4;;;/h18-19H,2-17H2,1H3;;(H2,1,2,3,4);1H2;;. The summed E-state index contributed by atoms with van der Waals surface area (Å²) < 4.78 is 31.6. The van der Waals surface area contributed by atoms with Crippen molar-refractivity contribution in [1.29, 1.82) is 0 Å². The maximum Gasteiger partial charge on any atom is 0.394 e. The second-order valence-electron chi connectivity index (χ2n) is 7.04. The number of aliphatic hydroxyl groups excluding tert-OH is 1. The van der Waals surface area contributed by atoms with Crippen LogP contribution in [-0.4, -0.2) is 49.4 Å². The number of rotatable bonds is 16. The summed E-state index contributed by atoms with van der Waals surface area (Å²) in [6.45, 7) is 2.29. The van der Waals surface area contributed by atoms with E-state index in [0.29, 0.717) is 0 Å². The van der Waals surface area contributed by atoms with Gasteiger partial charge in [0, 0.05) is 0 Å². The van der Waals surface area contributed by atoms with Crippen LogP contribution < -0.4 is 0 Å². The highest BCUT2D eigenvalue weighted by Gasteiger charge is 1.96. The first-order chi connectivity index (χ1) is 11.8. The zero-order valence-corrected chi connectivity index (χ0v) is 19.8. The largest absolute Gasteiger partial charge is 0.412 e. The highest BCUT2D eigenvalue weighted by Crippen LogP contribution is 2.13. The Morgan fingerprint density at radius 1 is 0.692 bits per heavy atom. The Morgan fingerprint density at radius 3 is 1.15 bits per heavy atom. The Hall–Kier alpha value is 0.322. The molecule has 0 aliphatic carbocycles. The Balaban J connectivity index is -0.000000772. The van der Waals surface area contributed by atoms with Crippen LogP contribution in [0.2, 0.25) is 0 Å². The van der Waals surface area contributed by atoms with Crippen LogP contribution in [0, 0.1) is 0 Å². The summed E-state index contributed by atoms with van der Waals surface area (Å²) in [5.41, 5.74) is 0. The highest BCUT2D eigenvalue weighted by atomic mass is 32.3. The minimum absolute atomic E-state index is 0. The molecule has 0 aromatic carbocycles. The van der Waals surface area contributed by atoms with Gasteiger partial charge in [0.2, 0.25) is 0 Å². The van der Waals surface area contributed by atoms with Gasteiger partial charge >= 0.3 is 10.4 Å². The molecule has 0 radical (unpaired) electrons. The third kappa shape index (κ3) is 44.1. The van der Waals surface area contributed by atoms with Crippen LogP contribution in [0.25, 0.3) is 0 Å². The summed E-state index contributed by atoms with van der Waals surface area (Å²) >= 11 is 0.946. The first kappa shape index (κ1) is 31.0. The molecule has 1 atom stereocenters. The van der Waals surface area contributed by atoms with Gasteiger partial charge < -0.3 is 10.6 Å². The minimum Gasteiger partial charge on any atom is -0.412 e. The van der Waals surface area contributed by atoms with Gasteiger partial charge in [-0.2, -0.15) is 8.42 Å². The second kappa shape index (κ2) is 23.4. The second-order valence-corrected chi connectivity index (χ2v) is 9.26. The molecule has 0 fully saturated rings. The fourth-order valence-electron chi connectivity index (χ4n) is 2.81. The molecule has 5 N–H and O–H groups in total. The summed E-state index contributed by atoms with van der Waals surface area (Å²) in [5, 5.41) is 9.22. The zero-order chi connectivity index (χ0) is 19.4. The van der Waals surface area contributed by atoms with E-state index in [4.69, 9.17) is 17.5 Å². The van der Waals surface area contributed by atoms with Crippen LogP contribution in [0.15, 0.2) is 0 Å². The molecule has 0 heterocycles. The molecule has 0 saturated carbocycles. The lowest BCUT2D eigenvalue weighted by Crippen LogP contribution is -2.04. The van der Waals surface area contributed by atoms with Gasteiger partial charge in [0.25, 0.3) is 16.3 Å². The highest BCUT2D eigenvalue weighted by molar-refractivity contribution is 7.79. The lowest BCUT2D eigenvalue weighted by Gasteiger charge is -2.04. The molecule has 0 aromatic rings. The van der Waals surface area contributed by atoms with Crippen molar-refractivity contribution in [3.8, 4) is 0 Å². The van der Waals surface area contributed by atoms with Crippen molar-refractivity contribution in [2.75, 3.05) is 0 Å². The summed E-state index contributed by atoms with van der Waals surface area (Å²) in [6.07, 6.45) is 22.3. The van der Waals surface area contributed by atoms with Crippen molar-refractivity contribution < 1.29 is 28.1 Å². The smallest absolute Gasteiger partial charge is 0.394 e. The van der Waals surface area contributed by atoms with Gasteiger partial charge in [-0.3, -0.25) is 9.11 Å². The van der Waals surface area contributed by atoms with Crippen molar-refractivity contribution >= 4 is 26.7 Å². The van der Waals surface area contributed by atoms with Gasteiger partial charge in [0.05, 0.1) is 0 Å². The van der Waals surface area contributed by atoms with Crippen LogP contribution in [0.4, 0.5) is 0 Å². The third-order valence-corrected chi connectivity index (χ3v) is 4.80. The molecule has 6 nitrogen and oxygen atoms in total. The molecule has 8 heteroatoms. The Morgan fingerprint density at radius 2 is 0.923 bits per heavy atom. The number of hydrogen-bond acceptors (Lipinski definition) is 3. The number of unbranched alkanes of at least 4 members (excludes halogenated alkanes) is 14. The summed E-state index contributed by atoms with van der Waals surface area (Å²) in [5.74, 6) is 0. The van der Waals surface area contributed by atoms with Crippen LogP contribution in [0.5, 0.6) is 0 Å². The normalized spacial score (nSPS) is 12.0. The van der Waals surface area contributed by atoms with E-state index in [9.17, 15) is 5.11 Å². The molecule has 0 saturated heterocycles. The Bertz CT molecular complexity index is 342. The van der Waals surface area contributed by atoms with Gasteiger partial charge in [-0.15, -0.1) is 0 Å². The van der Waals surface area contributed by atoms with Gasteiger partial charge in [0.15, 0.2) is 0 Å². The summed E-state index contributed by atoms with van der Waals surface area (Å²) in [4.78, 5) is 0.0389. The lowest BCUT2D eigenvalue weighted by atomic mass is 10.0. The molecule has 0 amide bonds. The number of aliphatic hydroxyl groups is 1. The SMILES string of the molecule is CCCCCCCCCCCCCCCCC[CH](O)[AlH2].O.O=S(=O)(O)O. The van der Waals surface area contributed by atoms with Crippen molar-refractivity contribution in [2.24, 2.45) is 0 Å². The Labute approximate surface area is 169 Å². The predicted molar refractivity (Wildman–Crippen MR) is 112 cm³/mol.